The average molecular weight is 337 g/mol. The molecule has 0 amide bonds. The van der Waals surface area contributed by atoms with Crippen LogP contribution in [0.15, 0.2) is 28.7 Å². The summed E-state index contributed by atoms with van der Waals surface area (Å²) in [5.74, 6) is 0.886. The van der Waals surface area contributed by atoms with Crippen molar-refractivity contribution in [3.8, 4) is 5.75 Å². The maximum absolute atomic E-state index is 10.4. The van der Waals surface area contributed by atoms with Crippen molar-refractivity contribution in [2.24, 2.45) is 7.05 Å². The van der Waals surface area contributed by atoms with Crippen molar-refractivity contribution in [2.75, 3.05) is 0 Å². The molecule has 3 rings (SSSR count). The van der Waals surface area contributed by atoms with Gasteiger partial charge in [-0.1, -0.05) is 18.2 Å². The zero-order valence-electron chi connectivity index (χ0n) is 11.5. The summed E-state index contributed by atoms with van der Waals surface area (Å²) in [5.41, 5.74) is 3.09. The number of hydrogen-bond acceptors (Lipinski definition) is 3. The summed E-state index contributed by atoms with van der Waals surface area (Å²) in [7, 11) is 1.89. The van der Waals surface area contributed by atoms with Gasteiger partial charge in [0.1, 0.15) is 11.9 Å². The number of aryl methyl sites for hydroxylation is 2. The molecule has 106 valence electrons. The van der Waals surface area contributed by atoms with Gasteiger partial charge in [0.25, 0.3) is 0 Å². The van der Waals surface area contributed by atoms with Crippen LogP contribution in [0, 0.1) is 6.92 Å². The van der Waals surface area contributed by atoms with Crippen molar-refractivity contribution >= 4 is 15.9 Å². The van der Waals surface area contributed by atoms with Crippen molar-refractivity contribution in [3.63, 3.8) is 0 Å². The van der Waals surface area contributed by atoms with Crippen LogP contribution in [0.5, 0.6) is 5.75 Å². The third kappa shape index (κ3) is 2.36. The Kier molecular flexibility index (Phi) is 3.56. The van der Waals surface area contributed by atoms with E-state index < -0.39 is 6.10 Å². The van der Waals surface area contributed by atoms with E-state index in [4.69, 9.17) is 4.74 Å². The van der Waals surface area contributed by atoms with Crippen molar-refractivity contribution in [2.45, 2.75) is 32.0 Å². The molecule has 2 heterocycles. The molecule has 5 heteroatoms. The molecule has 1 aromatic heterocycles. The molecule has 0 radical (unpaired) electrons. The first-order valence-corrected chi connectivity index (χ1v) is 7.46. The number of rotatable bonds is 3. The number of halogens is 1. The lowest BCUT2D eigenvalue weighted by Gasteiger charge is -2.18. The van der Waals surface area contributed by atoms with Crippen LogP contribution in [0.3, 0.4) is 0 Å². The maximum Gasteiger partial charge on any atom is 0.129 e. The van der Waals surface area contributed by atoms with E-state index in [2.05, 4.69) is 21.0 Å². The molecule has 1 N–H and O–H groups in total. The van der Waals surface area contributed by atoms with Crippen LogP contribution in [0.4, 0.5) is 0 Å². The summed E-state index contributed by atoms with van der Waals surface area (Å²) in [6, 6.07) is 7.95. The fraction of sp³-hybridized carbons (Fsp3) is 0.400. The Hall–Kier alpha value is -1.33. The van der Waals surface area contributed by atoms with Gasteiger partial charge in [0.15, 0.2) is 0 Å². The molecule has 2 atom stereocenters. The molecule has 2 unspecified atom stereocenters. The van der Waals surface area contributed by atoms with Gasteiger partial charge < -0.3 is 9.84 Å². The second-order valence-electron chi connectivity index (χ2n) is 5.21. The van der Waals surface area contributed by atoms with Crippen LogP contribution in [0.1, 0.15) is 17.0 Å². The quantitative estimate of drug-likeness (QED) is 0.936. The Labute approximate surface area is 126 Å². The lowest BCUT2D eigenvalue weighted by atomic mass is 10.0. The molecule has 1 aliphatic rings. The third-order valence-corrected chi connectivity index (χ3v) is 4.80. The molecule has 0 spiro atoms. The summed E-state index contributed by atoms with van der Waals surface area (Å²) in [5, 5.41) is 14.8. The number of aromatic nitrogens is 2. The highest BCUT2D eigenvalue weighted by atomic mass is 79.9. The van der Waals surface area contributed by atoms with Crippen molar-refractivity contribution in [3.05, 3.63) is 45.7 Å². The molecular weight excluding hydrogens is 320 g/mol. The minimum atomic E-state index is -0.548. The molecule has 0 bridgehead atoms. The molecule has 4 nitrogen and oxygen atoms in total. The Morgan fingerprint density at radius 1 is 1.50 bits per heavy atom. The molecule has 0 fully saturated rings. The topological polar surface area (TPSA) is 47.3 Å². The lowest BCUT2D eigenvalue weighted by molar-refractivity contribution is 0.0489. The summed E-state index contributed by atoms with van der Waals surface area (Å²) in [6.07, 6.45) is 0.547. The predicted molar refractivity (Wildman–Crippen MR) is 79.9 cm³/mol. The van der Waals surface area contributed by atoms with E-state index in [1.54, 1.807) is 0 Å². The lowest BCUT2D eigenvalue weighted by Crippen LogP contribution is -2.32. The Morgan fingerprint density at radius 2 is 2.25 bits per heavy atom. The number of hydrogen-bond donors (Lipinski definition) is 1. The number of nitrogens with zero attached hydrogens (tertiary/aromatic N) is 2. The van der Waals surface area contributed by atoms with Crippen LogP contribution in [0.25, 0.3) is 0 Å². The number of aliphatic hydroxyl groups is 1. The molecule has 2 aromatic rings. The predicted octanol–water partition coefficient (Wildman–Crippen LogP) is 2.40. The van der Waals surface area contributed by atoms with E-state index in [9.17, 15) is 5.11 Å². The van der Waals surface area contributed by atoms with Crippen LogP contribution in [0.2, 0.25) is 0 Å². The van der Waals surface area contributed by atoms with E-state index in [1.165, 1.54) is 0 Å². The van der Waals surface area contributed by atoms with Gasteiger partial charge in [-0.25, -0.2) is 0 Å². The summed E-state index contributed by atoms with van der Waals surface area (Å²) < 4.78 is 8.61. The largest absolute Gasteiger partial charge is 0.487 e. The Morgan fingerprint density at radius 3 is 2.90 bits per heavy atom. The van der Waals surface area contributed by atoms with Gasteiger partial charge in [0, 0.05) is 19.9 Å². The maximum atomic E-state index is 10.4. The standard InChI is InChI=1S/C15H17BrN2O2/c1-9-15(16)11(18(2)17-9)8-12(19)14-7-10-5-3-4-6-13(10)20-14/h3-6,12,14,19H,7-8H2,1-2H3. The fourth-order valence-electron chi connectivity index (χ4n) is 2.65. The van der Waals surface area contributed by atoms with E-state index in [0.29, 0.717) is 6.42 Å². The first-order valence-electron chi connectivity index (χ1n) is 6.67. The number of ether oxygens (including phenoxy) is 1. The third-order valence-electron chi connectivity index (χ3n) is 3.77. The summed E-state index contributed by atoms with van der Waals surface area (Å²) >= 11 is 3.53. The SMILES string of the molecule is Cc1nn(C)c(CC(O)C2Cc3ccccc3O2)c1Br. The highest BCUT2D eigenvalue weighted by molar-refractivity contribution is 9.10. The van der Waals surface area contributed by atoms with E-state index >= 15 is 0 Å². The minimum absolute atomic E-state index is 0.186. The normalized spacial score (nSPS) is 18.7. The molecule has 1 aliphatic heterocycles. The van der Waals surface area contributed by atoms with Crippen LogP contribution < -0.4 is 4.74 Å². The van der Waals surface area contributed by atoms with Crippen molar-refractivity contribution < 1.29 is 9.84 Å². The van der Waals surface area contributed by atoms with E-state index in [1.807, 2.05) is 42.9 Å². The highest BCUT2D eigenvalue weighted by Crippen LogP contribution is 2.31. The molecule has 0 saturated carbocycles. The number of benzene rings is 1. The highest BCUT2D eigenvalue weighted by Gasteiger charge is 2.30. The summed E-state index contributed by atoms with van der Waals surface area (Å²) in [4.78, 5) is 0. The summed E-state index contributed by atoms with van der Waals surface area (Å²) in [6.45, 7) is 1.95. The van der Waals surface area contributed by atoms with E-state index in [0.717, 1.165) is 33.6 Å². The number of fused-ring (bicyclic) bond motifs is 1. The first-order chi connectivity index (χ1) is 9.56. The Bertz CT molecular complexity index is 614. The zero-order valence-corrected chi connectivity index (χ0v) is 13.1. The molecular formula is C15H17BrN2O2. The second-order valence-corrected chi connectivity index (χ2v) is 6.00. The molecule has 1 aromatic carbocycles. The monoisotopic (exact) mass is 336 g/mol. The van der Waals surface area contributed by atoms with Crippen LogP contribution in [-0.2, 0) is 19.9 Å². The minimum Gasteiger partial charge on any atom is -0.487 e. The molecule has 20 heavy (non-hydrogen) atoms. The zero-order chi connectivity index (χ0) is 14.3. The molecule has 0 aliphatic carbocycles. The van der Waals surface area contributed by atoms with E-state index in [-0.39, 0.29) is 6.10 Å². The first kappa shape index (κ1) is 13.6. The van der Waals surface area contributed by atoms with Crippen molar-refractivity contribution in [1.82, 2.24) is 9.78 Å². The molecule has 0 saturated heterocycles. The van der Waals surface area contributed by atoms with Crippen LogP contribution >= 0.6 is 15.9 Å². The van der Waals surface area contributed by atoms with Crippen LogP contribution in [-0.4, -0.2) is 27.1 Å². The van der Waals surface area contributed by atoms with Gasteiger partial charge in [0.05, 0.1) is 22.0 Å². The Balaban J connectivity index is 1.74. The number of para-hydroxylation sites is 1. The fourth-order valence-corrected chi connectivity index (χ4v) is 3.15. The number of aliphatic hydroxyl groups excluding tert-OH is 1. The van der Waals surface area contributed by atoms with Gasteiger partial charge in [-0.2, -0.15) is 5.10 Å². The smallest absolute Gasteiger partial charge is 0.129 e. The van der Waals surface area contributed by atoms with Crippen molar-refractivity contribution in [1.29, 1.82) is 0 Å². The van der Waals surface area contributed by atoms with Gasteiger partial charge in [-0.3, -0.25) is 4.68 Å². The van der Waals surface area contributed by atoms with Gasteiger partial charge in [-0.05, 0) is 34.5 Å². The van der Waals surface area contributed by atoms with Gasteiger partial charge in [0.2, 0.25) is 0 Å². The second kappa shape index (κ2) is 5.22. The average Bonchev–Trinajstić information content (AvgIpc) is 2.95. The van der Waals surface area contributed by atoms with Gasteiger partial charge in [-0.15, -0.1) is 0 Å². The van der Waals surface area contributed by atoms with Gasteiger partial charge >= 0.3 is 0 Å².